The van der Waals surface area contributed by atoms with E-state index in [0.717, 1.165) is 27.8 Å². The molecule has 1 atom stereocenters. The third-order valence-electron chi connectivity index (χ3n) is 5.42. The van der Waals surface area contributed by atoms with Gasteiger partial charge in [-0.05, 0) is 55.8 Å². The van der Waals surface area contributed by atoms with Gasteiger partial charge < -0.3 is 15.2 Å². The van der Waals surface area contributed by atoms with Crippen molar-refractivity contribution in [1.29, 1.82) is 0 Å². The van der Waals surface area contributed by atoms with Crippen LogP contribution < -0.4 is 10.6 Å². The van der Waals surface area contributed by atoms with Gasteiger partial charge in [-0.3, -0.25) is 9.59 Å². The largest absolute Gasteiger partial charge is 0.325 e. The van der Waals surface area contributed by atoms with E-state index in [-0.39, 0.29) is 5.91 Å². The van der Waals surface area contributed by atoms with E-state index in [2.05, 4.69) is 20.8 Å². The summed E-state index contributed by atoms with van der Waals surface area (Å²) in [4.78, 5) is 39.8. The van der Waals surface area contributed by atoms with Crippen molar-refractivity contribution in [3.05, 3.63) is 30.6 Å². The molecule has 1 saturated heterocycles. The van der Waals surface area contributed by atoms with E-state index >= 15 is 0 Å². The van der Waals surface area contributed by atoms with Crippen LogP contribution in [0.2, 0.25) is 0 Å². The summed E-state index contributed by atoms with van der Waals surface area (Å²) in [6, 6.07) is 5.88. The van der Waals surface area contributed by atoms with E-state index < -0.39 is 23.5 Å². The topological polar surface area (TPSA) is 109 Å². The highest BCUT2D eigenvalue weighted by molar-refractivity contribution is 7.99. The highest BCUT2D eigenvalue weighted by atomic mass is 32.2. The van der Waals surface area contributed by atoms with Crippen LogP contribution in [0.1, 0.15) is 32.6 Å². The van der Waals surface area contributed by atoms with E-state index in [0.29, 0.717) is 18.5 Å². The maximum atomic E-state index is 12.8. The molecule has 1 aliphatic heterocycles. The van der Waals surface area contributed by atoms with Gasteiger partial charge in [0.05, 0.1) is 0 Å². The van der Waals surface area contributed by atoms with Crippen molar-refractivity contribution < 1.29 is 14.4 Å². The first kappa shape index (κ1) is 19.4. The van der Waals surface area contributed by atoms with Crippen molar-refractivity contribution in [2.24, 2.45) is 7.05 Å². The van der Waals surface area contributed by atoms with Gasteiger partial charge in [0.15, 0.2) is 5.16 Å². The molecular weight excluding hydrogens is 392 g/mol. The summed E-state index contributed by atoms with van der Waals surface area (Å²) >= 11 is 1.46. The molecule has 2 fully saturated rings. The van der Waals surface area contributed by atoms with Gasteiger partial charge in [0, 0.05) is 17.6 Å². The first-order chi connectivity index (χ1) is 13.9. The second-order valence-corrected chi connectivity index (χ2v) is 8.45. The number of benzene rings is 1. The van der Waals surface area contributed by atoms with Gasteiger partial charge in [-0.2, -0.15) is 0 Å². The van der Waals surface area contributed by atoms with Gasteiger partial charge in [-0.25, -0.2) is 9.69 Å². The number of urea groups is 1. The van der Waals surface area contributed by atoms with Crippen LogP contribution in [0.15, 0.2) is 40.6 Å². The molecule has 29 heavy (non-hydrogen) atoms. The van der Waals surface area contributed by atoms with Gasteiger partial charge in [0.25, 0.3) is 5.91 Å². The van der Waals surface area contributed by atoms with Gasteiger partial charge in [-0.1, -0.05) is 12.8 Å². The minimum Gasteiger partial charge on any atom is -0.324 e. The van der Waals surface area contributed by atoms with Crippen LogP contribution in [-0.4, -0.2) is 49.1 Å². The van der Waals surface area contributed by atoms with Crippen LogP contribution in [-0.2, 0) is 16.6 Å². The van der Waals surface area contributed by atoms with Gasteiger partial charge >= 0.3 is 6.03 Å². The van der Waals surface area contributed by atoms with Crippen LogP contribution in [0.25, 0.3) is 0 Å². The molecule has 10 heteroatoms. The molecule has 9 nitrogen and oxygen atoms in total. The molecule has 1 spiro atoms. The van der Waals surface area contributed by atoms with Crippen molar-refractivity contribution in [1.82, 2.24) is 25.0 Å². The average molecular weight is 414 g/mol. The summed E-state index contributed by atoms with van der Waals surface area (Å²) in [6.45, 7) is 1.57. The molecule has 1 aromatic heterocycles. The summed E-state index contributed by atoms with van der Waals surface area (Å²) in [6.07, 6.45) is 4.70. The Hall–Kier alpha value is -2.88. The smallest absolute Gasteiger partial charge is 0.324 e. The fraction of sp³-hybridized carbons (Fsp3) is 0.421. The Kier molecular flexibility index (Phi) is 5.03. The summed E-state index contributed by atoms with van der Waals surface area (Å²) in [5.74, 6) is -0.699. The lowest BCUT2D eigenvalue weighted by Crippen LogP contribution is -2.48. The Morgan fingerprint density at radius 1 is 1.24 bits per heavy atom. The van der Waals surface area contributed by atoms with Crippen LogP contribution in [0.3, 0.4) is 0 Å². The standard InChI is InChI=1S/C19H22N6O3S/c1-12(25-16(27)19(22-17(25)28)9-3-4-10-19)15(26)21-13-5-7-14(8-6-13)29-18-23-20-11-24(18)2/h5-8,11-12H,3-4,9-10H2,1-2H3,(H,21,26)(H,22,28). The Morgan fingerprint density at radius 3 is 2.55 bits per heavy atom. The first-order valence-electron chi connectivity index (χ1n) is 9.48. The maximum absolute atomic E-state index is 12.8. The lowest BCUT2D eigenvalue weighted by molar-refractivity contribution is -0.136. The lowest BCUT2D eigenvalue weighted by Gasteiger charge is -2.23. The molecule has 2 aromatic rings. The molecule has 0 bridgehead atoms. The molecule has 2 aliphatic rings. The highest BCUT2D eigenvalue weighted by Crippen LogP contribution is 2.36. The maximum Gasteiger partial charge on any atom is 0.325 e. The van der Waals surface area contributed by atoms with Crippen LogP contribution in [0.4, 0.5) is 10.5 Å². The van der Waals surface area contributed by atoms with Crippen LogP contribution in [0, 0.1) is 0 Å². The van der Waals surface area contributed by atoms with Crippen molar-refractivity contribution in [3.63, 3.8) is 0 Å². The molecular formula is C19H22N6O3S. The Balaban J connectivity index is 1.40. The highest BCUT2D eigenvalue weighted by Gasteiger charge is 2.54. The normalized spacial score (nSPS) is 18.9. The Labute approximate surface area is 172 Å². The summed E-state index contributed by atoms with van der Waals surface area (Å²) in [5.41, 5.74) is -0.226. The lowest BCUT2D eigenvalue weighted by atomic mass is 9.97. The zero-order valence-electron chi connectivity index (χ0n) is 16.2. The van der Waals surface area contributed by atoms with Crippen LogP contribution in [0.5, 0.6) is 0 Å². The SMILES string of the molecule is CC(C(=O)Nc1ccc(Sc2nncn2C)cc1)N1C(=O)NC2(CCCC2)C1=O. The number of hydrogen-bond acceptors (Lipinski definition) is 6. The Morgan fingerprint density at radius 2 is 1.93 bits per heavy atom. The summed E-state index contributed by atoms with van der Waals surface area (Å²) in [5, 5.41) is 14.2. The predicted molar refractivity (Wildman–Crippen MR) is 106 cm³/mol. The molecule has 2 heterocycles. The number of aryl methyl sites for hydroxylation is 1. The quantitative estimate of drug-likeness (QED) is 0.726. The average Bonchev–Trinajstić information content (AvgIpc) is 3.38. The molecule has 152 valence electrons. The summed E-state index contributed by atoms with van der Waals surface area (Å²) in [7, 11) is 1.86. The fourth-order valence-corrected chi connectivity index (χ4v) is 4.51. The minimum absolute atomic E-state index is 0.293. The molecule has 1 aliphatic carbocycles. The van der Waals surface area contributed by atoms with Crippen molar-refractivity contribution in [3.8, 4) is 0 Å². The number of aromatic nitrogens is 3. The zero-order valence-corrected chi connectivity index (χ0v) is 17.0. The first-order valence-corrected chi connectivity index (χ1v) is 10.3. The number of nitrogens with zero attached hydrogens (tertiary/aromatic N) is 4. The second-order valence-electron chi connectivity index (χ2n) is 7.41. The zero-order chi connectivity index (χ0) is 20.6. The molecule has 1 unspecified atom stereocenters. The van der Waals surface area contributed by atoms with Gasteiger partial charge in [0.2, 0.25) is 5.91 Å². The van der Waals surface area contributed by atoms with E-state index in [1.165, 1.54) is 11.8 Å². The number of rotatable bonds is 5. The third-order valence-corrected chi connectivity index (χ3v) is 6.48. The molecule has 2 N–H and O–H groups in total. The molecule has 4 amide bonds. The van der Waals surface area contributed by atoms with Crippen molar-refractivity contribution in [2.45, 2.75) is 54.2 Å². The van der Waals surface area contributed by atoms with Gasteiger partial charge in [0.1, 0.15) is 17.9 Å². The molecule has 1 saturated carbocycles. The molecule has 1 aromatic carbocycles. The fourth-order valence-electron chi connectivity index (χ4n) is 3.75. The van der Waals surface area contributed by atoms with E-state index in [1.54, 1.807) is 25.4 Å². The number of carbonyl (C=O) groups excluding carboxylic acids is 3. The number of hydrogen-bond donors (Lipinski definition) is 2. The second kappa shape index (κ2) is 7.51. The number of anilines is 1. The summed E-state index contributed by atoms with van der Waals surface area (Å²) < 4.78 is 1.82. The molecule has 0 radical (unpaired) electrons. The number of carbonyl (C=O) groups is 3. The number of imide groups is 1. The van der Waals surface area contributed by atoms with E-state index in [9.17, 15) is 14.4 Å². The predicted octanol–water partition coefficient (Wildman–Crippen LogP) is 2.16. The third kappa shape index (κ3) is 3.59. The monoisotopic (exact) mass is 414 g/mol. The Bertz CT molecular complexity index is 951. The van der Waals surface area contributed by atoms with Crippen LogP contribution >= 0.6 is 11.8 Å². The van der Waals surface area contributed by atoms with E-state index in [4.69, 9.17) is 0 Å². The number of nitrogens with one attached hydrogen (secondary N) is 2. The van der Waals surface area contributed by atoms with Gasteiger partial charge in [-0.15, -0.1) is 10.2 Å². The number of amides is 4. The minimum atomic E-state index is -0.893. The molecule has 4 rings (SSSR count). The van der Waals surface area contributed by atoms with Crippen molar-refractivity contribution in [2.75, 3.05) is 5.32 Å². The van der Waals surface area contributed by atoms with Crippen molar-refractivity contribution >= 4 is 35.3 Å². The van der Waals surface area contributed by atoms with E-state index in [1.807, 2.05) is 23.7 Å².